The van der Waals surface area contributed by atoms with Crippen LogP contribution in [0.2, 0.25) is 0 Å². The van der Waals surface area contributed by atoms with Crippen LogP contribution < -0.4 is 0 Å². The van der Waals surface area contributed by atoms with Gasteiger partial charge in [0, 0.05) is 38.0 Å². The van der Waals surface area contributed by atoms with Crippen molar-refractivity contribution in [3.8, 4) is 0 Å². The van der Waals surface area contributed by atoms with E-state index in [1.807, 2.05) is 60.7 Å². The number of fused-ring (bicyclic) bond motifs is 1. The maximum absolute atomic E-state index is 14.5. The highest BCUT2D eigenvalue weighted by Gasteiger charge is 2.76. The third kappa shape index (κ3) is 5.12. The molecule has 3 fully saturated rings. The molecule has 0 aliphatic carbocycles. The first kappa shape index (κ1) is 29.1. The summed E-state index contributed by atoms with van der Waals surface area (Å²) >= 11 is 1.66. The molecule has 7 nitrogen and oxygen atoms in total. The van der Waals surface area contributed by atoms with E-state index in [4.69, 9.17) is 0 Å². The molecule has 3 aliphatic heterocycles. The molecule has 2 aromatic rings. The van der Waals surface area contributed by atoms with E-state index in [-0.39, 0.29) is 42.0 Å². The van der Waals surface area contributed by atoms with Crippen molar-refractivity contribution in [2.45, 2.75) is 42.5 Å². The first-order chi connectivity index (χ1) is 19.9. The summed E-state index contributed by atoms with van der Waals surface area (Å²) in [7, 11) is 0. The Labute approximate surface area is 246 Å². The molecule has 0 radical (unpaired) electrons. The van der Waals surface area contributed by atoms with Gasteiger partial charge in [0.25, 0.3) is 0 Å². The van der Waals surface area contributed by atoms with Crippen LogP contribution in [0.25, 0.3) is 0 Å². The topological polar surface area (TPSA) is 81.2 Å². The van der Waals surface area contributed by atoms with E-state index in [9.17, 15) is 19.5 Å². The van der Waals surface area contributed by atoms with Crippen LogP contribution in [0.1, 0.15) is 24.5 Å². The van der Waals surface area contributed by atoms with Gasteiger partial charge in [-0.1, -0.05) is 79.7 Å². The molecule has 3 aliphatic rings. The number of aliphatic hydroxyl groups is 1. The van der Waals surface area contributed by atoms with Gasteiger partial charge < -0.3 is 19.8 Å². The van der Waals surface area contributed by atoms with E-state index in [1.165, 1.54) is 0 Å². The predicted octanol–water partition coefficient (Wildman–Crippen LogP) is 3.75. The standard InChI is InChI=1S/C33H39N3O4S/c1-4-16-34(21-24-12-8-6-9-13-24)30(38)27-26-20-23(3)33(41-26)28(27)31(39)36(18-19-37)29(33)32(40)35(17-5-2)22-25-14-10-7-11-15-25/h4-15,23,26-29,37H,1-2,16-22H2,3H3/t23?,26-,27+,28+,29?,33?/m1/s1. The minimum atomic E-state index is -0.763. The Hall–Kier alpha value is -3.36. The minimum Gasteiger partial charge on any atom is -0.395 e. The lowest BCUT2D eigenvalue weighted by molar-refractivity contribution is -0.145. The molecule has 3 heterocycles. The molecule has 1 N–H and O–H groups in total. The number of rotatable bonds is 12. The summed E-state index contributed by atoms with van der Waals surface area (Å²) < 4.78 is -0.739. The normalized spacial score (nSPS) is 27.9. The molecular formula is C33H39N3O4S. The quantitative estimate of drug-likeness (QED) is 0.392. The smallest absolute Gasteiger partial charge is 0.247 e. The maximum Gasteiger partial charge on any atom is 0.247 e. The molecule has 3 amide bonds. The summed E-state index contributed by atoms with van der Waals surface area (Å²) in [6.07, 6.45) is 4.18. The van der Waals surface area contributed by atoms with Crippen molar-refractivity contribution in [1.82, 2.24) is 14.7 Å². The fourth-order valence-corrected chi connectivity index (χ4v) is 9.61. The minimum absolute atomic E-state index is 0.0527. The van der Waals surface area contributed by atoms with Gasteiger partial charge in [0.05, 0.1) is 23.2 Å². The number of β-amino-alcohol motifs (C(OH)–C–C–N with tert-alkyl or cyclic N) is 1. The van der Waals surface area contributed by atoms with Crippen molar-refractivity contribution in [3.05, 3.63) is 97.1 Å². The first-order valence-electron chi connectivity index (χ1n) is 14.3. The lowest BCUT2D eigenvalue weighted by Gasteiger charge is -2.41. The summed E-state index contributed by atoms with van der Waals surface area (Å²) in [6, 6.07) is 18.8. The van der Waals surface area contributed by atoms with Crippen molar-refractivity contribution < 1.29 is 19.5 Å². The Morgan fingerprint density at radius 3 is 2.02 bits per heavy atom. The molecule has 2 aromatic carbocycles. The third-order valence-electron chi connectivity index (χ3n) is 8.86. The molecule has 2 bridgehead atoms. The zero-order chi connectivity index (χ0) is 29.1. The maximum atomic E-state index is 14.5. The number of carbonyl (C=O) groups is 3. The molecule has 216 valence electrons. The average Bonchev–Trinajstić information content (AvgIpc) is 3.57. The Morgan fingerprint density at radius 2 is 1.51 bits per heavy atom. The molecule has 5 rings (SSSR count). The second-order valence-corrected chi connectivity index (χ2v) is 12.8. The van der Waals surface area contributed by atoms with E-state index in [0.717, 1.165) is 17.5 Å². The van der Waals surface area contributed by atoms with Gasteiger partial charge in [0.15, 0.2) is 0 Å². The summed E-state index contributed by atoms with van der Waals surface area (Å²) in [5.74, 6) is -1.53. The van der Waals surface area contributed by atoms with E-state index in [0.29, 0.717) is 26.2 Å². The molecule has 41 heavy (non-hydrogen) atoms. The van der Waals surface area contributed by atoms with Crippen molar-refractivity contribution in [3.63, 3.8) is 0 Å². The van der Waals surface area contributed by atoms with Crippen LogP contribution in [0.15, 0.2) is 86.0 Å². The van der Waals surface area contributed by atoms with Gasteiger partial charge >= 0.3 is 0 Å². The monoisotopic (exact) mass is 573 g/mol. The number of hydrogen-bond acceptors (Lipinski definition) is 5. The number of amides is 3. The summed E-state index contributed by atoms with van der Waals surface area (Å²) in [5.41, 5.74) is 2.00. The van der Waals surface area contributed by atoms with Crippen molar-refractivity contribution in [2.24, 2.45) is 17.8 Å². The molecule has 1 spiro atoms. The molecule has 0 saturated carbocycles. The fourth-order valence-electron chi connectivity index (χ4n) is 7.20. The molecular weight excluding hydrogens is 534 g/mol. The van der Waals surface area contributed by atoms with Crippen LogP contribution in [-0.2, 0) is 27.5 Å². The van der Waals surface area contributed by atoms with E-state index >= 15 is 0 Å². The van der Waals surface area contributed by atoms with E-state index in [2.05, 4.69) is 20.1 Å². The zero-order valence-corrected chi connectivity index (χ0v) is 24.4. The Kier molecular flexibility index (Phi) is 8.71. The molecule has 0 aromatic heterocycles. The van der Waals surface area contributed by atoms with Gasteiger partial charge in [0.1, 0.15) is 6.04 Å². The second kappa shape index (κ2) is 12.2. The Balaban J connectivity index is 1.50. The van der Waals surface area contributed by atoms with Gasteiger partial charge in [-0.05, 0) is 23.5 Å². The lowest BCUT2D eigenvalue weighted by Crippen LogP contribution is -2.57. The number of likely N-dealkylation sites (tertiary alicyclic amines) is 1. The Morgan fingerprint density at radius 1 is 0.976 bits per heavy atom. The molecule has 6 atom stereocenters. The van der Waals surface area contributed by atoms with Crippen LogP contribution in [0.4, 0.5) is 0 Å². The highest BCUT2D eigenvalue weighted by Crippen LogP contribution is 2.68. The number of thioether (sulfide) groups is 1. The predicted molar refractivity (Wildman–Crippen MR) is 162 cm³/mol. The highest BCUT2D eigenvalue weighted by molar-refractivity contribution is 8.02. The van der Waals surface area contributed by atoms with Crippen LogP contribution in [0, 0.1) is 17.8 Å². The number of benzene rings is 2. The van der Waals surface area contributed by atoms with Crippen LogP contribution in [0.5, 0.6) is 0 Å². The molecule has 8 heteroatoms. The van der Waals surface area contributed by atoms with Gasteiger partial charge in [-0.15, -0.1) is 24.9 Å². The number of aliphatic hydroxyl groups excluding tert-OH is 1. The van der Waals surface area contributed by atoms with E-state index in [1.54, 1.807) is 38.6 Å². The SMILES string of the molecule is C=CCN(Cc1ccccc1)C(=O)C1N(CCO)C(=O)[C@@H]2[C@@H](C(=O)N(CC=C)Cc3ccccc3)[C@H]3CC(C)C12S3. The number of nitrogens with zero attached hydrogens (tertiary/aromatic N) is 3. The summed E-state index contributed by atoms with van der Waals surface area (Å²) in [6.45, 7) is 11.2. The number of carbonyl (C=O) groups excluding carboxylic acids is 3. The van der Waals surface area contributed by atoms with Crippen LogP contribution in [-0.4, -0.2) is 79.8 Å². The summed E-state index contributed by atoms with van der Waals surface area (Å²) in [5, 5.41) is 9.93. The van der Waals surface area contributed by atoms with Crippen molar-refractivity contribution in [2.75, 3.05) is 26.2 Å². The third-order valence-corrected chi connectivity index (χ3v) is 10.9. The van der Waals surface area contributed by atoms with E-state index < -0.39 is 22.6 Å². The first-order valence-corrected chi connectivity index (χ1v) is 15.2. The largest absolute Gasteiger partial charge is 0.395 e. The molecule has 3 unspecified atom stereocenters. The number of hydrogen-bond donors (Lipinski definition) is 1. The van der Waals surface area contributed by atoms with Gasteiger partial charge in [-0.3, -0.25) is 14.4 Å². The second-order valence-electron chi connectivity index (χ2n) is 11.3. The van der Waals surface area contributed by atoms with Crippen molar-refractivity contribution in [1.29, 1.82) is 0 Å². The zero-order valence-electron chi connectivity index (χ0n) is 23.6. The highest BCUT2D eigenvalue weighted by atomic mass is 32.2. The van der Waals surface area contributed by atoms with Gasteiger partial charge in [-0.25, -0.2) is 0 Å². The van der Waals surface area contributed by atoms with Crippen molar-refractivity contribution >= 4 is 29.5 Å². The Bertz CT molecular complexity index is 1290. The lowest BCUT2D eigenvalue weighted by atomic mass is 9.65. The average molecular weight is 574 g/mol. The summed E-state index contributed by atoms with van der Waals surface area (Å²) in [4.78, 5) is 48.1. The van der Waals surface area contributed by atoms with Crippen LogP contribution >= 0.6 is 11.8 Å². The fraction of sp³-hybridized carbons (Fsp3) is 0.424. The van der Waals surface area contributed by atoms with Crippen LogP contribution in [0.3, 0.4) is 0 Å². The molecule has 3 saturated heterocycles. The van der Waals surface area contributed by atoms with Gasteiger partial charge in [-0.2, -0.15) is 0 Å². The van der Waals surface area contributed by atoms with Gasteiger partial charge in [0.2, 0.25) is 17.7 Å².